The van der Waals surface area contributed by atoms with Crippen LogP contribution in [0.3, 0.4) is 0 Å². The first-order chi connectivity index (χ1) is 15.5. The van der Waals surface area contributed by atoms with Gasteiger partial charge in [0.2, 0.25) is 0 Å². The number of hydrogen-bond acceptors (Lipinski definition) is 5. The third-order valence-corrected chi connectivity index (χ3v) is 6.59. The molecule has 2 saturated heterocycles. The Labute approximate surface area is 186 Å². The maximum Gasteiger partial charge on any atom is 0.260 e. The number of para-hydroxylation sites is 1. The number of benzene rings is 2. The van der Waals surface area contributed by atoms with Gasteiger partial charge in [0.15, 0.2) is 6.61 Å². The maximum atomic E-state index is 13.0. The molecule has 0 bridgehead atoms. The second-order valence-corrected chi connectivity index (χ2v) is 9.05. The lowest BCUT2D eigenvalue weighted by molar-refractivity contribution is -0.132. The number of carbonyl (C=O) groups is 2. The number of amides is 2. The van der Waals surface area contributed by atoms with Gasteiger partial charge in [-0.15, -0.1) is 5.10 Å². The first-order valence-electron chi connectivity index (χ1n) is 11.1. The van der Waals surface area contributed by atoms with Gasteiger partial charge < -0.3 is 14.5 Å². The van der Waals surface area contributed by atoms with Gasteiger partial charge in [0.1, 0.15) is 11.3 Å². The second kappa shape index (κ2) is 8.26. The number of carbonyl (C=O) groups excluding carboxylic acids is 2. The monoisotopic (exact) mass is 433 g/mol. The van der Waals surface area contributed by atoms with Crippen molar-refractivity contribution in [1.29, 1.82) is 0 Å². The Balaban J connectivity index is 1.17. The highest BCUT2D eigenvalue weighted by Crippen LogP contribution is 2.32. The summed E-state index contributed by atoms with van der Waals surface area (Å²) in [7, 11) is 0. The quantitative estimate of drug-likeness (QED) is 0.668. The van der Waals surface area contributed by atoms with Crippen molar-refractivity contribution in [2.24, 2.45) is 11.8 Å². The molecule has 5 rings (SSSR count). The summed E-state index contributed by atoms with van der Waals surface area (Å²) in [4.78, 5) is 29.5. The number of nitrogens with zero attached hydrogens (tertiary/aromatic N) is 4. The van der Waals surface area contributed by atoms with Crippen LogP contribution in [0.15, 0.2) is 42.5 Å². The lowest BCUT2D eigenvalue weighted by Gasteiger charge is -2.22. The van der Waals surface area contributed by atoms with Crippen LogP contribution in [0.5, 0.6) is 5.75 Å². The van der Waals surface area contributed by atoms with Crippen molar-refractivity contribution in [2.75, 3.05) is 32.8 Å². The van der Waals surface area contributed by atoms with E-state index in [-0.39, 0.29) is 18.4 Å². The molecule has 2 amide bonds. The largest absolute Gasteiger partial charge is 0.483 e. The number of likely N-dealkylation sites (tertiary alicyclic amines) is 2. The molecule has 2 aliphatic rings. The fraction of sp³-hybridized carbons (Fsp3) is 0.417. The number of nitrogens with one attached hydrogen (secondary N) is 1. The molecule has 8 nitrogen and oxygen atoms in total. The molecule has 32 heavy (non-hydrogen) atoms. The van der Waals surface area contributed by atoms with Crippen molar-refractivity contribution in [3.63, 3.8) is 0 Å². The van der Waals surface area contributed by atoms with Crippen molar-refractivity contribution in [3.05, 3.63) is 53.6 Å². The highest BCUT2D eigenvalue weighted by atomic mass is 16.5. The van der Waals surface area contributed by atoms with Crippen LogP contribution >= 0.6 is 0 Å². The lowest BCUT2D eigenvalue weighted by Crippen LogP contribution is -2.37. The molecule has 8 heteroatoms. The van der Waals surface area contributed by atoms with Crippen LogP contribution in [-0.2, 0) is 4.79 Å². The van der Waals surface area contributed by atoms with Gasteiger partial charge in [0, 0.05) is 43.6 Å². The van der Waals surface area contributed by atoms with Gasteiger partial charge in [-0.05, 0) is 35.7 Å². The summed E-state index contributed by atoms with van der Waals surface area (Å²) in [5.74, 6) is 1.74. The van der Waals surface area contributed by atoms with Crippen LogP contribution in [0.2, 0.25) is 0 Å². The van der Waals surface area contributed by atoms with E-state index >= 15 is 0 Å². The summed E-state index contributed by atoms with van der Waals surface area (Å²) in [6.07, 6.45) is 0. The van der Waals surface area contributed by atoms with Gasteiger partial charge in [-0.25, -0.2) is 0 Å². The molecule has 166 valence electrons. The fourth-order valence-electron chi connectivity index (χ4n) is 4.84. The Hall–Kier alpha value is -3.42. The average molecular weight is 434 g/mol. The van der Waals surface area contributed by atoms with E-state index in [0.717, 1.165) is 16.8 Å². The molecule has 3 heterocycles. The summed E-state index contributed by atoms with van der Waals surface area (Å²) < 4.78 is 5.87. The van der Waals surface area contributed by atoms with E-state index in [1.54, 1.807) is 12.1 Å². The van der Waals surface area contributed by atoms with E-state index in [9.17, 15) is 9.59 Å². The molecule has 1 N–H and O–H groups in total. The van der Waals surface area contributed by atoms with Crippen molar-refractivity contribution >= 4 is 22.8 Å². The summed E-state index contributed by atoms with van der Waals surface area (Å²) in [5, 5.41) is 10.6. The Bertz CT molecular complexity index is 1140. The van der Waals surface area contributed by atoms with Gasteiger partial charge in [0.05, 0.1) is 5.52 Å². The van der Waals surface area contributed by atoms with Crippen LogP contribution in [-0.4, -0.2) is 69.8 Å². The molecule has 2 atom stereocenters. The van der Waals surface area contributed by atoms with E-state index in [1.165, 1.54) is 0 Å². The molecule has 2 aromatic carbocycles. The standard InChI is InChI=1S/C24H27N5O3/c1-15(2)19-5-3-4-6-22(19)32-14-23(30)28-10-17-12-29(13-18(17)11-28)24(31)16-7-8-20-21(9-16)26-27-25-20/h3-9,15,17-18H,10-14H2,1-2H3,(H,25,26,27)/t17-,18-/m0/s1. The molecule has 0 aliphatic carbocycles. The number of fused-ring (bicyclic) bond motifs is 2. The average Bonchev–Trinajstić information content (AvgIpc) is 3.51. The van der Waals surface area contributed by atoms with Crippen molar-refractivity contribution in [3.8, 4) is 5.75 Å². The molecule has 2 fully saturated rings. The second-order valence-electron chi connectivity index (χ2n) is 9.05. The number of hydrogen-bond donors (Lipinski definition) is 1. The highest BCUT2D eigenvalue weighted by molar-refractivity contribution is 5.97. The van der Waals surface area contributed by atoms with E-state index < -0.39 is 0 Å². The SMILES string of the molecule is CC(C)c1ccccc1OCC(=O)N1C[C@H]2CN(C(=O)c3ccc4[nH]nnc4c3)C[C@@H]2C1. The number of aromatic nitrogens is 3. The number of H-pyrrole nitrogens is 1. The first kappa shape index (κ1) is 20.5. The fourth-order valence-corrected chi connectivity index (χ4v) is 4.84. The van der Waals surface area contributed by atoms with Gasteiger partial charge in [-0.3, -0.25) is 14.7 Å². The topological polar surface area (TPSA) is 91.4 Å². The predicted molar refractivity (Wildman–Crippen MR) is 119 cm³/mol. The summed E-state index contributed by atoms with van der Waals surface area (Å²) >= 11 is 0. The van der Waals surface area contributed by atoms with Crippen LogP contribution < -0.4 is 4.74 Å². The summed E-state index contributed by atoms with van der Waals surface area (Å²) in [5.41, 5.74) is 3.23. The predicted octanol–water partition coefficient (Wildman–Crippen LogP) is 2.69. The molecular weight excluding hydrogens is 406 g/mol. The minimum absolute atomic E-state index is 0.00678. The zero-order chi connectivity index (χ0) is 22.2. The minimum Gasteiger partial charge on any atom is -0.483 e. The van der Waals surface area contributed by atoms with Crippen molar-refractivity contribution in [2.45, 2.75) is 19.8 Å². The third-order valence-electron chi connectivity index (χ3n) is 6.59. The van der Waals surface area contributed by atoms with Crippen LogP contribution in [0.25, 0.3) is 11.0 Å². The Morgan fingerprint density at radius 1 is 1.06 bits per heavy atom. The Morgan fingerprint density at radius 3 is 2.53 bits per heavy atom. The van der Waals surface area contributed by atoms with Gasteiger partial charge in [-0.2, -0.15) is 0 Å². The van der Waals surface area contributed by atoms with Crippen LogP contribution in [0.1, 0.15) is 35.7 Å². The summed E-state index contributed by atoms with van der Waals surface area (Å²) in [6, 6.07) is 13.3. The Kier molecular flexibility index (Phi) is 5.28. The number of ether oxygens (including phenoxy) is 1. The van der Waals surface area contributed by atoms with Gasteiger partial charge in [0.25, 0.3) is 11.8 Å². The lowest BCUT2D eigenvalue weighted by atomic mass is 10.0. The zero-order valence-corrected chi connectivity index (χ0v) is 18.3. The molecule has 0 saturated carbocycles. The number of rotatable bonds is 5. The normalized spacial score (nSPS) is 20.2. The molecule has 0 radical (unpaired) electrons. The molecule has 3 aromatic rings. The molecule has 2 aliphatic heterocycles. The summed E-state index contributed by atoms with van der Waals surface area (Å²) in [6.45, 7) is 6.95. The van der Waals surface area contributed by atoms with E-state index in [1.807, 2.05) is 40.1 Å². The zero-order valence-electron chi connectivity index (χ0n) is 18.3. The highest BCUT2D eigenvalue weighted by Gasteiger charge is 2.43. The van der Waals surface area contributed by atoms with E-state index in [2.05, 4.69) is 29.3 Å². The molecule has 0 unspecified atom stereocenters. The van der Waals surface area contributed by atoms with Crippen LogP contribution in [0, 0.1) is 11.8 Å². The molecule has 0 spiro atoms. The smallest absolute Gasteiger partial charge is 0.260 e. The van der Waals surface area contributed by atoms with Crippen molar-refractivity contribution in [1.82, 2.24) is 25.2 Å². The van der Waals surface area contributed by atoms with E-state index in [0.29, 0.717) is 55.0 Å². The van der Waals surface area contributed by atoms with E-state index in [4.69, 9.17) is 4.74 Å². The van der Waals surface area contributed by atoms with Crippen LogP contribution in [0.4, 0.5) is 0 Å². The van der Waals surface area contributed by atoms with Crippen molar-refractivity contribution < 1.29 is 14.3 Å². The van der Waals surface area contributed by atoms with Gasteiger partial charge in [-0.1, -0.05) is 37.3 Å². The minimum atomic E-state index is 0.00678. The molecule has 1 aromatic heterocycles. The number of aromatic amines is 1. The van der Waals surface area contributed by atoms with Gasteiger partial charge >= 0.3 is 0 Å². The first-order valence-corrected chi connectivity index (χ1v) is 11.1. The maximum absolute atomic E-state index is 13.0. The third kappa shape index (κ3) is 3.81. The Morgan fingerprint density at radius 2 is 1.78 bits per heavy atom. The molecular formula is C24H27N5O3.